The lowest BCUT2D eigenvalue weighted by molar-refractivity contribution is 0.1000. The highest BCUT2D eigenvalue weighted by Gasteiger charge is 2.52. The lowest BCUT2D eigenvalue weighted by Gasteiger charge is -2.38. The van der Waals surface area contributed by atoms with E-state index < -0.39 is 17.1 Å². The van der Waals surface area contributed by atoms with Gasteiger partial charge < -0.3 is 26.2 Å². The SMILES string of the molecule is C=C(N)c1ccc2c(c1)CCc1cc(C(N)=O)ccc1C2(C[C@H](C)NCC(=C)N1C(C#N)C[C@@H]2C[C@@H]21)c1nc(=O)on1C. The van der Waals surface area contributed by atoms with E-state index in [4.69, 9.17) is 16.0 Å². The smallest absolute Gasteiger partial charge is 0.399 e. The number of nitrogens with zero attached hydrogens (tertiary/aromatic N) is 4. The van der Waals surface area contributed by atoms with Crippen LogP contribution in [0.3, 0.4) is 0 Å². The molecule has 43 heavy (non-hydrogen) atoms. The minimum atomic E-state index is -0.926. The third-order valence-corrected chi connectivity index (χ3v) is 9.43. The molecular formula is C33H37N7O3. The van der Waals surface area contributed by atoms with E-state index in [0.29, 0.717) is 54.9 Å². The van der Waals surface area contributed by atoms with E-state index in [2.05, 4.69) is 41.4 Å². The first-order valence-corrected chi connectivity index (χ1v) is 14.7. The topological polar surface area (TPSA) is 156 Å². The summed E-state index contributed by atoms with van der Waals surface area (Å²) in [7, 11) is 1.69. The van der Waals surface area contributed by atoms with Crippen molar-refractivity contribution in [3.63, 3.8) is 0 Å². The summed E-state index contributed by atoms with van der Waals surface area (Å²) in [6.45, 7) is 10.9. The fourth-order valence-corrected chi connectivity index (χ4v) is 7.40. The first-order chi connectivity index (χ1) is 20.5. The van der Waals surface area contributed by atoms with Gasteiger partial charge in [0.1, 0.15) is 6.04 Å². The van der Waals surface area contributed by atoms with Crippen LogP contribution in [0.1, 0.15) is 70.2 Å². The molecule has 1 aromatic heterocycles. The van der Waals surface area contributed by atoms with E-state index in [0.717, 1.165) is 46.4 Å². The van der Waals surface area contributed by atoms with Crippen LogP contribution in [0.5, 0.6) is 0 Å². The average molecular weight is 580 g/mol. The Labute approximate surface area is 250 Å². The molecule has 3 aliphatic rings. The van der Waals surface area contributed by atoms with Gasteiger partial charge in [-0.2, -0.15) is 15.0 Å². The molecule has 3 aromatic rings. The summed E-state index contributed by atoms with van der Waals surface area (Å²) in [5.41, 5.74) is 17.4. The number of hydrogen-bond acceptors (Lipinski definition) is 8. The zero-order valence-electron chi connectivity index (χ0n) is 24.6. The Morgan fingerprint density at radius 2 is 1.81 bits per heavy atom. The minimum Gasteiger partial charge on any atom is -0.399 e. The second kappa shape index (κ2) is 10.6. The monoisotopic (exact) mass is 579 g/mol. The van der Waals surface area contributed by atoms with Crippen molar-refractivity contribution in [3.8, 4) is 6.07 Å². The molecule has 6 rings (SSSR count). The molecule has 10 heteroatoms. The molecule has 5 atom stereocenters. The maximum absolute atomic E-state index is 12.6. The van der Waals surface area contributed by atoms with Crippen molar-refractivity contribution in [2.75, 3.05) is 6.54 Å². The molecule has 1 saturated carbocycles. The molecule has 2 fully saturated rings. The van der Waals surface area contributed by atoms with Crippen LogP contribution in [0.25, 0.3) is 5.70 Å². The zero-order valence-corrected chi connectivity index (χ0v) is 24.6. The number of aromatic nitrogens is 2. The second-order valence-electron chi connectivity index (χ2n) is 12.2. The van der Waals surface area contributed by atoms with E-state index in [1.165, 1.54) is 4.74 Å². The van der Waals surface area contributed by atoms with Crippen molar-refractivity contribution < 1.29 is 9.32 Å². The number of nitriles is 1. The number of fused-ring (bicyclic) bond motifs is 3. The summed E-state index contributed by atoms with van der Waals surface area (Å²) in [6, 6.07) is 14.2. The summed E-state index contributed by atoms with van der Waals surface area (Å²) in [4.78, 5) is 31.4. The molecule has 2 unspecified atom stereocenters. The van der Waals surface area contributed by atoms with Gasteiger partial charge in [-0.15, -0.1) is 0 Å². The van der Waals surface area contributed by atoms with E-state index in [1.807, 2.05) is 30.3 Å². The van der Waals surface area contributed by atoms with Gasteiger partial charge in [-0.3, -0.25) is 4.79 Å². The first-order valence-electron chi connectivity index (χ1n) is 14.7. The van der Waals surface area contributed by atoms with Crippen molar-refractivity contribution in [2.24, 2.45) is 24.4 Å². The fraction of sp³-hybridized carbons (Fsp3) is 0.394. The zero-order chi connectivity index (χ0) is 30.6. The van der Waals surface area contributed by atoms with E-state index in [9.17, 15) is 14.9 Å². The standard InChI is InChI=1S/C33H37N7O3/c1-18(37-17-19(2)40-26(16-34)13-25-14-29(25)40)15-33(31-38-32(42)43-39(31)4)27-9-7-21(20(3)35)11-22(27)5-6-23-12-24(30(36)41)8-10-28(23)33/h7-12,18,25-26,29,37H,2-3,5-6,13-15,17,35H2,1,4H3,(H2,36,41)/t18-,25+,26?,29-,33?/m0/s1. The van der Waals surface area contributed by atoms with Crippen molar-refractivity contribution in [2.45, 2.75) is 62.6 Å². The van der Waals surface area contributed by atoms with Crippen molar-refractivity contribution >= 4 is 11.6 Å². The van der Waals surface area contributed by atoms with Crippen LogP contribution in [0.4, 0.5) is 0 Å². The molecule has 0 radical (unpaired) electrons. The van der Waals surface area contributed by atoms with Gasteiger partial charge in [0, 0.05) is 42.6 Å². The Balaban J connectivity index is 1.46. The van der Waals surface area contributed by atoms with Gasteiger partial charge >= 0.3 is 5.76 Å². The third-order valence-electron chi connectivity index (χ3n) is 9.43. The normalized spacial score (nSPS) is 24.2. The number of nitrogens with one attached hydrogen (secondary N) is 1. The molecule has 2 aliphatic carbocycles. The maximum Gasteiger partial charge on any atom is 0.459 e. The Kier molecular flexibility index (Phi) is 7.01. The number of benzene rings is 2. The number of piperidine rings is 1. The molecule has 0 bridgehead atoms. The Morgan fingerprint density at radius 3 is 2.40 bits per heavy atom. The maximum atomic E-state index is 12.6. The van der Waals surface area contributed by atoms with Crippen molar-refractivity contribution in [1.82, 2.24) is 19.9 Å². The van der Waals surface area contributed by atoms with Crippen LogP contribution < -0.4 is 22.5 Å². The van der Waals surface area contributed by atoms with Crippen molar-refractivity contribution in [3.05, 3.63) is 105 Å². The number of aryl methyl sites for hydroxylation is 3. The number of primary amides is 1. The second-order valence-corrected chi connectivity index (χ2v) is 12.2. The lowest BCUT2D eigenvalue weighted by atomic mass is 9.67. The Morgan fingerprint density at radius 1 is 1.16 bits per heavy atom. The van der Waals surface area contributed by atoms with Crippen LogP contribution in [-0.4, -0.2) is 45.2 Å². The molecule has 1 saturated heterocycles. The molecule has 0 spiro atoms. The van der Waals surface area contributed by atoms with Crippen molar-refractivity contribution in [1.29, 1.82) is 5.26 Å². The predicted molar refractivity (Wildman–Crippen MR) is 163 cm³/mol. The van der Waals surface area contributed by atoms with E-state index in [-0.39, 0.29) is 12.1 Å². The quantitative estimate of drug-likeness (QED) is 0.349. The van der Waals surface area contributed by atoms with Crippen LogP contribution >= 0.6 is 0 Å². The van der Waals surface area contributed by atoms with Crippen LogP contribution in [0, 0.1) is 17.2 Å². The highest BCUT2D eigenvalue weighted by Crippen LogP contribution is 2.50. The number of amides is 1. The summed E-state index contributed by atoms with van der Waals surface area (Å²) in [6.07, 6.45) is 3.84. The number of carbonyl (C=O) groups excluding carboxylic acids is 1. The summed E-state index contributed by atoms with van der Waals surface area (Å²) in [5, 5.41) is 13.3. The van der Waals surface area contributed by atoms with E-state index in [1.54, 1.807) is 13.1 Å². The molecule has 1 amide bonds. The molecular weight excluding hydrogens is 542 g/mol. The fourth-order valence-electron chi connectivity index (χ4n) is 7.40. The number of hydrogen-bond donors (Lipinski definition) is 3. The summed E-state index contributed by atoms with van der Waals surface area (Å²) >= 11 is 0. The van der Waals surface area contributed by atoms with E-state index >= 15 is 0 Å². The number of carbonyl (C=O) groups is 1. The molecule has 2 aromatic carbocycles. The van der Waals surface area contributed by atoms with Crippen LogP contribution in [0.15, 0.2) is 64.6 Å². The summed E-state index contributed by atoms with van der Waals surface area (Å²) < 4.78 is 6.89. The molecule has 5 N–H and O–H groups in total. The highest BCUT2D eigenvalue weighted by atomic mass is 16.5. The largest absolute Gasteiger partial charge is 0.459 e. The third kappa shape index (κ3) is 4.83. The summed E-state index contributed by atoms with van der Waals surface area (Å²) in [5.74, 6) is -0.135. The average Bonchev–Trinajstić information content (AvgIpc) is 3.54. The number of nitrogens with two attached hydrogens (primary N) is 2. The number of likely N-dealkylation sites (tertiary alicyclic amines) is 1. The van der Waals surface area contributed by atoms with Gasteiger partial charge in [0.25, 0.3) is 0 Å². The van der Waals surface area contributed by atoms with Gasteiger partial charge in [-0.05, 0) is 91.0 Å². The molecule has 2 heterocycles. The lowest BCUT2D eigenvalue weighted by Crippen LogP contribution is -2.43. The highest BCUT2D eigenvalue weighted by molar-refractivity contribution is 5.93. The molecule has 222 valence electrons. The Bertz CT molecular complexity index is 1680. The van der Waals surface area contributed by atoms with Crippen LogP contribution in [0.2, 0.25) is 0 Å². The number of rotatable bonds is 9. The Hall–Kier alpha value is -4.62. The predicted octanol–water partition coefficient (Wildman–Crippen LogP) is 2.70. The van der Waals surface area contributed by atoms with Gasteiger partial charge in [0.15, 0.2) is 5.82 Å². The van der Waals surface area contributed by atoms with Crippen LogP contribution in [-0.2, 0) is 25.3 Å². The van der Waals surface area contributed by atoms with Gasteiger partial charge in [0.05, 0.1) is 11.5 Å². The van der Waals surface area contributed by atoms with Gasteiger partial charge in [-0.1, -0.05) is 31.4 Å². The first kappa shape index (κ1) is 28.5. The van der Waals surface area contributed by atoms with Gasteiger partial charge in [-0.25, -0.2) is 4.79 Å². The molecule has 1 aliphatic heterocycles. The molecule has 10 nitrogen and oxygen atoms in total. The van der Waals surface area contributed by atoms with Gasteiger partial charge in [0.2, 0.25) is 5.91 Å². The minimum absolute atomic E-state index is 0.0968.